The Morgan fingerprint density at radius 2 is 2.44 bits per heavy atom. The molecule has 0 aliphatic carbocycles. The largest absolute Gasteiger partial charge is 0.504 e. The summed E-state index contributed by atoms with van der Waals surface area (Å²) in [6.45, 7) is 4.69. The summed E-state index contributed by atoms with van der Waals surface area (Å²) < 4.78 is 10.9. The lowest BCUT2D eigenvalue weighted by atomic mass is 10.1. The molecule has 88 valence electrons. The molecule has 0 saturated carbocycles. The van der Waals surface area contributed by atoms with Gasteiger partial charge in [-0.05, 0) is 13.0 Å². The first-order valence-electron chi connectivity index (χ1n) is 5.60. The van der Waals surface area contributed by atoms with Gasteiger partial charge in [0, 0.05) is 18.7 Å². The lowest BCUT2D eigenvalue weighted by molar-refractivity contribution is 0.0260. The molecule has 1 saturated heterocycles. The second-order valence-corrected chi connectivity index (χ2v) is 3.69. The first kappa shape index (κ1) is 11.2. The molecule has 0 aromatic heterocycles. The molecule has 1 aromatic rings. The molecule has 16 heavy (non-hydrogen) atoms. The van der Waals surface area contributed by atoms with E-state index in [2.05, 4.69) is 5.32 Å². The van der Waals surface area contributed by atoms with Crippen molar-refractivity contribution in [1.82, 2.24) is 5.32 Å². The van der Waals surface area contributed by atoms with Gasteiger partial charge in [-0.3, -0.25) is 0 Å². The zero-order chi connectivity index (χ0) is 11.4. The Morgan fingerprint density at radius 3 is 3.12 bits per heavy atom. The fourth-order valence-electron chi connectivity index (χ4n) is 1.84. The van der Waals surface area contributed by atoms with Crippen LogP contribution in [0.5, 0.6) is 11.5 Å². The van der Waals surface area contributed by atoms with Crippen molar-refractivity contribution in [1.29, 1.82) is 0 Å². The van der Waals surface area contributed by atoms with E-state index in [9.17, 15) is 5.11 Å². The van der Waals surface area contributed by atoms with Crippen LogP contribution in [0.2, 0.25) is 0 Å². The molecule has 0 amide bonds. The molecule has 1 aliphatic rings. The molecule has 0 radical (unpaired) electrons. The predicted molar refractivity (Wildman–Crippen MR) is 60.8 cm³/mol. The molecule has 1 aromatic carbocycles. The monoisotopic (exact) mass is 223 g/mol. The molecule has 2 N–H and O–H groups in total. The highest BCUT2D eigenvalue weighted by Crippen LogP contribution is 2.35. The van der Waals surface area contributed by atoms with Gasteiger partial charge in [0.15, 0.2) is 11.5 Å². The topological polar surface area (TPSA) is 50.7 Å². The van der Waals surface area contributed by atoms with E-state index in [1.165, 1.54) is 0 Å². The van der Waals surface area contributed by atoms with E-state index in [0.717, 1.165) is 18.7 Å². The smallest absolute Gasteiger partial charge is 0.163 e. The SMILES string of the molecule is CCOc1cccc(C2CNCCO2)c1O. The Bertz CT molecular complexity index is 348. The van der Waals surface area contributed by atoms with Crippen LogP contribution in [0.25, 0.3) is 0 Å². The van der Waals surface area contributed by atoms with Crippen LogP contribution in [-0.2, 0) is 4.74 Å². The van der Waals surface area contributed by atoms with Crippen LogP contribution in [-0.4, -0.2) is 31.4 Å². The number of hydrogen-bond acceptors (Lipinski definition) is 4. The summed E-state index contributed by atoms with van der Waals surface area (Å²) in [5.41, 5.74) is 0.790. The summed E-state index contributed by atoms with van der Waals surface area (Å²) >= 11 is 0. The van der Waals surface area contributed by atoms with E-state index < -0.39 is 0 Å². The van der Waals surface area contributed by atoms with Crippen molar-refractivity contribution in [2.24, 2.45) is 0 Å². The quantitative estimate of drug-likeness (QED) is 0.814. The fraction of sp³-hybridized carbons (Fsp3) is 0.500. The standard InChI is InChI=1S/C12H17NO3/c1-2-15-10-5-3-4-9(12(10)14)11-8-13-6-7-16-11/h3-5,11,13-14H,2,6-8H2,1H3. The third-order valence-corrected chi connectivity index (χ3v) is 2.60. The minimum Gasteiger partial charge on any atom is -0.504 e. The molecular weight excluding hydrogens is 206 g/mol. The Balaban J connectivity index is 2.22. The van der Waals surface area contributed by atoms with E-state index in [0.29, 0.717) is 19.0 Å². The van der Waals surface area contributed by atoms with Gasteiger partial charge in [0.2, 0.25) is 0 Å². The fourth-order valence-corrected chi connectivity index (χ4v) is 1.84. The van der Waals surface area contributed by atoms with Crippen molar-refractivity contribution in [3.63, 3.8) is 0 Å². The van der Waals surface area contributed by atoms with Gasteiger partial charge >= 0.3 is 0 Å². The first-order valence-corrected chi connectivity index (χ1v) is 5.60. The highest BCUT2D eigenvalue weighted by Gasteiger charge is 2.20. The van der Waals surface area contributed by atoms with E-state index in [1.807, 2.05) is 19.1 Å². The van der Waals surface area contributed by atoms with Crippen molar-refractivity contribution in [3.8, 4) is 11.5 Å². The number of aromatic hydroxyl groups is 1. The second-order valence-electron chi connectivity index (χ2n) is 3.69. The number of morpholine rings is 1. The highest BCUT2D eigenvalue weighted by atomic mass is 16.5. The molecule has 1 heterocycles. The molecule has 1 aliphatic heterocycles. The van der Waals surface area contributed by atoms with Gasteiger partial charge in [-0.2, -0.15) is 0 Å². The molecule has 4 nitrogen and oxygen atoms in total. The molecule has 0 spiro atoms. The molecule has 1 atom stereocenters. The number of ether oxygens (including phenoxy) is 2. The van der Waals surface area contributed by atoms with Gasteiger partial charge in [-0.1, -0.05) is 12.1 Å². The summed E-state index contributed by atoms with van der Waals surface area (Å²) in [6.07, 6.45) is -0.0887. The summed E-state index contributed by atoms with van der Waals surface area (Å²) in [4.78, 5) is 0. The van der Waals surface area contributed by atoms with Crippen molar-refractivity contribution < 1.29 is 14.6 Å². The number of phenolic OH excluding ortho intramolecular Hbond substituents is 1. The summed E-state index contributed by atoms with van der Waals surface area (Å²) in [5.74, 6) is 0.715. The van der Waals surface area contributed by atoms with Gasteiger partial charge in [0.05, 0.1) is 19.3 Å². The minimum absolute atomic E-state index is 0.0887. The number of rotatable bonds is 3. The molecule has 1 unspecified atom stereocenters. The van der Waals surface area contributed by atoms with Crippen molar-refractivity contribution >= 4 is 0 Å². The first-order chi connectivity index (χ1) is 7.83. The van der Waals surface area contributed by atoms with E-state index >= 15 is 0 Å². The molecule has 4 heteroatoms. The van der Waals surface area contributed by atoms with Gasteiger partial charge in [-0.25, -0.2) is 0 Å². The summed E-state index contributed by atoms with van der Waals surface area (Å²) in [6, 6.07) is 5.51. The Morgan fingerprint density at radius 1 is 1.56 bits per heavy atom. The van der Waals surface area contributed by atoms with Crippen LogP contribution in [0, 0.1) is 0 Å². The maximum Gasteiger partial charge on any atom is 0.163 e. The third kappa shape index (κ3) is 2.28. The van der Waals surface area contributed by atoms with Crippen LogP contribution in [0.3, 0.4) is 0 Å². The van der Waals surface area contributed by atoms with Crippen molar-refractivity contribution in [2.75, 3.05) is 26.3 Å². The lowest BCUT2D eigenvalue weighted by Crippen LogP contribution is -2.33. The normalized spacial score (nSPS) is 20.7. The summed E-state index contributed by atoms with van der Waals surface area (Å²) in [5, 5.41) is 13.3. The molecule has 2 rings (SSSR count). The van der Waals surface area contributed by atoms with E-state index in [-0.39, 0.29) is 11.9 Å². The number of para-hydroxylation sites is 1. The lowest BCUT2D eigenvalue weighted by Gasteiger charge is -2.25. The minimum atomic E-state index is -0.0887. The van der Waals surface area contributed by atoms with Crippen LogP contribution < -0.4 is 10.1 Å². The van der Waals surface area contributed by atoms with E-state index in [1.54, 1.807) is 6.07 Å². The second kappa shape index (κ2) is 5.18. The van der Waals surface area contributed by atoms with Gasteiger partial charge in [0.25, 0.3) is 0 Å². The van der Waals surface area contributed by atoms with Crippen molar-refractivity contribution in [2.45, 2.75) is 13.0 Å². The summed E-state index contributed by atoms with van der Waals surface area (Å²) in [7, 11) is 0. The molecule has 1 fully saturated rings. The Hall–Kier alpha value is -1.26. The maximum absolute atomic E-state index is 10.0. The Labute approximate surface area is 95.2 Å². The highest BCUT2D eigenvalue weighted by molar-refractivity contribution is 5.46. The zero-order valence-corrected chi connectivity index (χ0v) is 9.40. The number of benzene rings is 1. The Kier molecular flexibility index (Phi) is 3.64. The van der Waals surface area contributed by atoms with Gasteiger partial charge < -0.3 is 19.9 Å². The van der Waals surface area contributed by atoms with Crippen LogP contribution in [0.4, 0.5) is 0 Å². The molecular formula is C12H17NO3. The third-order valence-electron chi connectivity index (χ3n) is 2.60. The van der Waals surface area contributed by atoms with Gasteiger partial charge in [0.1, 0.15) is 0 Å². The van der Waals surface area contributed by atoms with Crippen LogP contribution in [0.15, 0.2) is 18.2 Å². The van der Waals surface area contributed by atoms with Gasteiger partial charge in [-0.15, -0.1) is 0 Å². The predicted octanol–water partition coefficient (Wildman–Crippen LogP) is 1.45. The average Bonchev–Trinajstić information content (AvgIpc) is 2.33. The number of phenols is 1. The van der Waals surface area contributed by atoms with Crippen LogP contribution >= 0.6 is 0 Å². The number of hydrogen-bond donors (Lipinski definition) is 2. The average molecular weight is 223 g/mol. The molecule has 0 bridgehead atoms. The number of nitrogens with one attached hydrogen (secondary N) is 1. The van der Waals surface area contributed by atoms with Crippen molar-refractivity contribution in [3.05, 3.63) is 23.8 Å². The zero-order valence-electron chi connectivity index (χ0n) is 9.40. The van der Waals surface area contributed by atoms with E-state index in [4.69, 9.17) is 9.47 Å². The maximum atomic E-state index is 10.0. The van der Waals surface area contributed by atoms with Crippen LogP contribution in [0.1, 0.15) is 18.6 Å².